The number of nitrogens with two attached hydrogens (primary N) is 1. The molecule has 0 spiro atoms. The van der Waals surface area contributed by atoms with E-state index in [4.69, 9.17) is 33.5 Å². The van der Waals surface area contributed by atoms with E-state index in [0.717, 1.165) is 22.3 Å². The van der Waals surface area contributed by atoms with E-state index in [1.54, 1.807) is 12.1 Å². The summed E-state index contributed by atoms with van der Waals surface area (Å²) in [7, 11) is 0. The van der Waals surface area contributed by atoms with Crippen LogP contribution in [-0.4, -0.2) is 5.16 Å². The molecule has 3 nitrogen and oxygen atoms in total. The summed E-state index contributed by atoms with van der Waals surface area (Å²) in [5.41, 5.74) is 9.46. The second kappa shape index (κ2) is 5.43. The van der Waals surface area contributed by atoms with Gasteiger partial charge >= 0.3 is 0 Å². The van der Waals surface area contributed by atoms with E-state index in [-0.39, 0.29) is 0 Å². The first-order chi connectivity index (χ1) is 10.1. The lowest BCUT2D eigenvalue weighted by Crippen LogP contribution is -1.89. The van der Waals surface area contributed by atoms with Gasteiger partial charge in [-0.1, -0.05) is 40.5 Å². The molecule has 0 bridgehead atoms. The zero-order valence-electron chi connectivity index (χ0n) is 11.2. The van der Waals surface area contributed by atoms with Crippen LogP contribution in [0.5, 0.6) is 0 Å². The van der Waals surface area contributed by atoms with E-state index >= 15 is 0 Å². The highest BCUT2D eigenvalue weighted by atomic mass is 35.5. The first-order valence-corrected chi connectivity index (χ1v) is 7.09. The van der Waals surface area contributed by atoms with Crippen molar-refractivity contribution in [3.05, 3.63) is 58.1 Å². The molecule has 3 aromatic rings. The van der Waals surface area contributed by atoms with Gasteiger partial charge in [-0.2, -0.15) is 0 Å². The third kappa shape index (κ3) is 2.62. The molecule has 106 valence electrons. The second-order valence-corrected chi connectivity index (χ2v) is 5.59. The Balaban J connectivity index is 2.16. The molecule has 2 aromatic carbocycles. The van der Waals surface area contributed by atoms with Gasteiger partial charge in [0, 0.05) is 15.6 Å². The molecule has 0 aliphatic heterocycles. The van der Waals surface area contributed by atoms with Crippen molar-refractivity contribution in [2.75, 3.05) is 5.73 Å². The quantitative estimate of drug-likeness (QED) is 0.706. The maximum absolute atomic E-state index is 6.06. The highest BCUT2D eigenvalue weighted by Gasteiger charge is 2.18. The number of aromatic nitrogens is 1. The molecule has 1 aromatic heterocycles. The number of aryl methyl sites for hydroxylation is 1. The van der Waals surface area contributed by atoms with Crippen molar-refractivity contribution < 1.29 is 4.52 Å². The number of nitrogens with zero attached hydrogens (tertiary/aromatic N) is 1. The van der Waals surface area contributed by atoms with Crippen LogP contribution in [0.4, 0.5) is 5.82 Å². The summed E-state index contributed by atoms with van der Waals surface area (Å²) in [6, 6.07) is 13.0. The lowest BCUT2D eigenvalue weighted by molar-refractivity contribution is 0.436. The van der Waals surface area contributed by atoms with Gasteiger partial charge in [-0.05, 0) is 48.4 Å². The van der Waals surface area contributed by atoms with Gasteiger partial charge in [0.15, 0.2) is 11.6 Å². The van der Waals surface area contributed by atoms with Gasteiger partial charge in [-0.15, -0.1) is 0 Å². The Morgan fingerprint density at radius 3 is 2.33 bits per heavy atom. The lowest BCUT2D eigenvalue weighted by Gasteiger charge is -2.05. The van der Waals surface area contributed by atoms with Gasteiger partial charge in [-0.25, -0.2) is 0 Å². The standard InChI is InChI=1S/C16H12Cl2N2O/c1-9-8-11(4-7-13(9)18)15-14(16(19)20-21-15)10-2-5-12(17)6-3-10/h2-8H,1H3,(H2,19,20). The minimum Gasteiger partial charge on any atom is -0.380 e. The van der Waals surface area contributed by atoms with Crippen LogP contribution in [0.15, 0.2) is 47.0 Å². The van der Waals surface area contributed by atoms with E-state index in [1.165, 1.54) is 0 Å². The van der Waals surface area contributed by atoms with Gasteiger partial charge in [0.2, 0.25) is 0 Å². The summed E-state index contributed by atoms with van der Waals surface area (Å²) in [4.78, 5) is 0. The summed E-state index contributed by atoms with van der Waals surface area (Å²) in [5, 5.41) is 5.25. The average Bonchev–Trinajstić information content (AvgIpc) is 2.85. The number of nitrogen functional groups attached to an aromatic ring is 1. The van der Waals surface area contributed by atoms with Crippen LogP contribution in [0.2, 0.25) is 10.0 Å². The van der Waals surface area contributed by atoms with E-state index in [9.17, 15) is 0 Å². The van der Waals surface area contributed by atoms with Crippen LogP contribution in [-0.2, 0) is 0 Å². The molecule has 2 N–H and O–H groups in total. The van der Waals surface area contributed by atoms with Crippen LogP contribution in [0.1, 0.15) is 5.56 Å². The number of halogens is 2. The van der Waals surface area contributed by atoms with Gasteiger partial charge in [0.25, 0.3) is 0 Å². The molecule has 0 aliphatic rings. The number of anilines is 1. The largest absolute Gasteiger partial charge is 0.380 e. The molecule has 0 atom stereocenters. The molecule has 0 saturated heterocycles. The van der Waals surface area contributed by atoms with Crippen molar-refractivity contribution in [1.82, 2.24) is 5.16 Å². The zero-order chi connectivity index (χ0) is 15.0. The summed E-state index contributed by atoms with van der Waals surface area (Å²) < 4.78 is 5.41. The fraction of sp³-hybridized carbons (Fsp3) is 0.0625. The van der Waals surface area contributed by atoms with Crippen molar-refractivity contribution in [2.24, 2.45) is 0 Å². The molecule has 0 fully saturated rings. The van der Waals surface area contributed by atoms with E-state index in [1.807, 2.05) is 37.3 Å². The number of rotatable bonds is 2. The first-order valence-electron chi connectivity index (χ1n) is 6.34. The van der Waals surface area contributed by atoms with Crippen LogP contribution >= 0.6 is 23.2 Å². The van der Waals surface area contributed by atoms with E-state index in [0.29, 0.717) is 21.6 Å². The SMILES string of the molecule is Cc1cc(-c2onc(N)c2-c2ccc(Cl)cc2)ccc1Cl. The molecule has 3 rings (SSSR count). The van der Waals surface area contributed by atoms with Crippen LogP contribution in [0.25, 0.3) is 22.5 Å². The Labute approximate surface area is 132 Å². The Kier molecular flexibility index (Phi) is 3.62. The van der Waals surface area contributed by atoms with Gasteiger partial charge in [0.05, 0.1) is 5.56 Å². The third-order valence-electron chi connectivity index (χ3n) is 3.27. The van der Waals surface area contributed by atoms with Crippen LogP contribution in [0, 0.1) is 6.92 Å². The minimum absolute atomic E-state index is 0.347. The second-order valence-electron chi connectivity index (χ2n) is 4.74. The first kappa shape index (κ1) is 14.0. The fourth-order valence-electron chi connectivity index (χ4n) is 2.18. The maximum Gasteiger partial charge on any atom is 0.176 e. The summed E-state index contributed by atoms with van der Waals surface area (Å²) in [6.07, 6.45) is 0. The van der Waals surface area contributed by atoms with Crippen LogP contribution in [0.3, 0.4) is 0 Å². The molecule has 1 heterocycles. The van der Waals surface area contributed by atoms with Crippen molar-refractivity contribution in [1.29, 1.82) is 0 Å². The zero-order valence-corrected chi connectivity index (χ0v) is 12.7. The van der Waals surface area contributed by atoms with Crippen molar-refractivity contribution >= 4 is 29.0 Å². The Hall–Kier alpha value is -1.97. The summed E-state index contributed by atoms with van der Waals surface area (Å²) in [5.74, 6) is 0.967. The molecule has 21 heavy (non-hydrogen) atoms. The third-order valence-corrected chi connectivity index (χ3v) is 3.95. The molecule has 5 heteroatoms. The predicted molar refractivity (Wildman–Crippen MR) is 86.5 cm³/mol. The van der Waals surface area contributed by atoms with Gasteiger partial charge in [0.1, 0.15) is 0 Å². The predicted octanol–water partition coefficient (Wildman–Crippen LogP) is 5.21. The van der Waals surface area contributed by atoms with Crippen molar-refractivity contribution in [3.8, 4) is 22.5 Å². The number of hydrogen-bond acceptors (Lipinski definition) is 3. The molecule has 0 saturated carbocycles. The van der Waals surface area contributed by atoms with Gasteiger partial charge < -0.3 is 10.3 Å². The van der Waals surface area contributed by atoms with E-state index < -0.39 is 0 Å². The normalized spacial score (nSPS) is 10.8. The molecular formula is C16H12Cl2N2O. The van der Waals surface area contributed by atoms with Gasteiger partial charge in [-0.3, -0.25) is 0 Å². The smallest absolute Gasteiger partial charge is 0.176 e. The lowest BCUT2D eigenvalue weighted by atomic mass is 10.0. The number of benzene rings is 2. The molecule has 0 radical (unpaired) electrons. The Morgan fingerprint density at radius 2 is 1.67 bits per heavy atom. The van der Waals surface area contributed by atoms with Crippen molar-refractivity contribution in [3.63, 3.8) is 0 Å². The fourth-order valence-corrected chi connectivity index (χ4v) is 2.42. The maximum atomic E-state index is 6.06. The monoisotopic (exact) mass is 318 g/mol. The summed E-state index contributed by atoms with van der Waals surface area (Å²) >= 11 is 12.0. The molecule has 0 amide bonds. The van der Waals surface area contributed by atoms with Crippen molar-refractivity contribution in [2.45, 2.75) is 6.92 Å². The Morgan fingerprint density at radius 1 is 1.00 bits per heavy atom. The topological polar surface area (TPSA) is 52.0 Å². The molecular weight excluding hydrogens is 307 g/mol. The molecule has 0 unspecified atom stereocenters. The highest BCUT2D eigenvalue weighted by Crippen LogP contribution is 2.37. The summed E-state index contributed by atoms with van der Waals surface area (Å²) in [6.45, 7) is 1.94. The van der Waals surface area contributed by atoms with Crippen LogP contribution < -0.4 is 5.73 Å². The molecule has 0 aliphatic carbocycles. The number of hydrogen-bond donors (Lipinski definition) is 1. The average molecular weight is 319 g/mol. The van der Waals surface area contributed by atoms with E-state index in [2.05, 4.69) is 5.16 Å². The highest BCUT2D eigenvalue weighted by molar-refractivity contribution is 6.31. The Bertz CT molecular complexity index is 795. The minimum atomic E-state index is 0.347.